The van der Waals surface area contributed by atoms with E-state index in [0.717, 1.165) is 10.0 Å². The number of alkyl halides is 2. The first kappa shape index (κ1) is 16.5. The van der Waals surface area contributed by atoms with Gasteiger partial charge in [0.1, 0.15) is 0 Å². The van der Waals surface area contributed by atoms with Crippen molar-refractivity contribution in [3.8, 4) is 0 Å². The second-order valence-electron chi connectivity index (χ2n) is 4.47. The van der Waals surface area contributed by atoms with Gasteiger partial charge in [-0.05, 0) is 24.6 Å². The summed E-state index contributed by atoms with van der Waals surface area (Å²) in [5, 5.41) is 9.04. The maximum atomic E-state index is 12.6. The van der Waals surface area contributed by atoms with E-state index in [9.17, 15) is 8.78 Å². The third kappa shape index (κ3) is 5.14. The fourth-order valence-corrected chi connectivity index (χ4v) is 2.42. The van der Waals surface area contributed by atoms with Crippen molar-refractivity contribution in [2.45, 2.75) is 25.4 Å². The van der Waals surface area contributed by atoms with Crippen molar-refractivity contribution in [1.29, 1.82) is 0 Å². The van der Waals surface area contributed by atoms with E-state index < -0.39 is 13.0 Å². The summed E-state index contributed by atoms with van der Waals surface area (Å²) in [6.07, 6.45) is -2.46. The molecule has 1 aromatic carbocycles. The molecule has 108 valence electrons. The molecule has 0 aliphatic heterocycles. The van der Waals surface area contributed by atoms with Gasteiger partial charge in [-0.1, -0.05) is 28.1 Å². The van der Waals surface area contributed by atoms with Gasteiger partial charge >= 0.3 is 0 Å². The fourth-order valence-electron chi connectivity index (χ4n) is 2.16. The number of nitrogens with zero attached hydrogens (tertiary/aromatic N) is 1. The Hall–Kier alpha value is -0.560. The predicted molar refractivity (Wildman–Crippen MR) is 75.2 cm³/mol. The van der Waals surface area contributed by atoms with Gasteiger partial charge in [0.2, 0.25) is 0 Å². The molecule has 6 heteroatoms. The standard InChI is InChI=1S/C13H19BrF2N2O/c1-9(17)13(10-2-4-11(14)5-3-10)18(6-7-19)8-12(15)16/h2-5,9,12-13,19H,6-8,17H2,1H3. The molecule has 0 radical (unpaired) electrons. The predicted octanol–water partition coefficient (Wildman–Crippen LogP) is 2.40. The number of hydrogen-bond acceptors (Lipinski definition) is 3. The molecule has 0 spiro atoms. The molecule has 3 nitrogen and oxygen atoms in total. The molecule has 1 rings (SSSR count). The van der Waals surface area contributed by atoms with Crippen LogP contribution in [0.15, 0.2) is 28.7 Å². The number of rotatable bonds is 7. The molecule has 0 aromatic heterocycles. The highest BCUT2D eigenvalue weighted by Gasteiger charge is 2.26. The summed E-state index contributed by atoms with van der Waals surface area (Å²) in [7, 11) is 0. The minimum Gasteiger partial charge on any atom is -0.395 e. The molecule has 1 aromatic rings. The topological polar surface area (TPSA) is 49.5 Å². The second kappa shape index (κ2) is 7.89. The van der Waals surface area contributed by atoms with Crippen molar-refractivity contribution < 1.29 is 13.9 Å². The Morgan fingerprint density at radius 3 is 2.32 bits per heavy atom. The molecule has 0 aliphatic rings. The molecule has 2 unspecified atom stereocenters. The van der Waals surface area contributed by atoms with E-state index >= 15 is 0 Å². The summed E-state index contributed by atoms with van der Waals surface area (Å²) >= 11 is 3.33. The minimum atomic E-state index is -2.46. The fraction of sp³-hybridized carbons (Fsp3) is 0.538. The van der Waals surface area contributed by atoms with Crippen LogP contribution >= 0.6 is 15.9 Å². The van der Waals surface area contributed by atoms with E-state index in [1.807, 2.05) is 24.3 Å². The lowest BCUT2D eigenvalue weighted by Crippen LogP contribution is -2.43. The number of nitrogens with two attached hydrogens (primary N) is 1. The summed E-state index contributed by atoms with van der Waals surface area (Å²) in [5.41, 5.74) is 6.80. The molecule has 0 bridgehead atoms. The lowest BCUT2D eigenvalue weighted by atomic mass is 9.99. The second-order valence-corrected chi connectivity index (χ2v) is 5.38. The first-order valence-electron chi connectivity index (χ1n) is 6.09. The van der Waals surface area contributed by atoms with Crippen molar-refractivity contribution in [2.75, 3.05) is 19.7 Å². The Bertz CT molecular complexity index is 373. The summed E-state index contributed by atoms with van der Waals surface area (Å²) in [6, 6.07) is 6.76. The average Bonchev–Trinajstić information content (AvgIpc) is 2.31. The van der Waals surface area contributed by atoms with E-state index in [2.05, 4.69) is 15.9 Å². The number of aliphatic hydroxyl groups is 1. The van der Waals surface area contributed by atoms with Gasteiger partial charge in [-0.15, -0.1) is 0 Å². The Morgan fingerprint density at radius 2 is 1.89 bits per heavy atom. The van der Waals surface area contributed by atoms with Gasteiger partial charge in [0, 0.05) is 23.1 Å². The molecular formula is C13H19BrF2N2O. The lowest BCUT2D eigenvalue weighted by Gasteiger charge is -2.34. The molecule has 0 fully saturated rings. The van der Waals surface area contributed by atoms with Crippen molar-refractivity contribution in [1.82, 2.24) is 4.90 Å². The average molecular weight is 337 g/mol. The number of benzene rings is 1. The van der Waals surface area contributed by atoms with Gasteiger partial charge in [-0.2, -0.15) is 0 Å². The molecule has 2 atom stereocenters. The van der Waals surface area contributed by atoms with E-state index in [4.69, 9.17) is 10.8 Å². The van der Waals surface area contributed by atoms with Crippen LogP contribution in [0.4, 0.5) is 8.78 Å². The molecule has 0 heterocycles. The Labute approximate surface area is 120 Å². The number of halogens is 3. The summed E-state index contributed by atoms with van der Waals surface area (Å²) in [6.45, 7) is 1.38. The van der Waals surface area contributed by atoms with E-state index in [1.165, 1.54) is 4.90 Å². The largest absolute Gasteiger partial charge is 0.395 e. The van der Waals surface area contributed by atoms with Gasteiger partial charge in [-0.25, -0.2) is 8.78 Å². The van der Waals surface area contributed by atoms with Crippen molar-refractivity contribution in [3.63, 3.8) is 0 Å². The highest BCUT2D eigenvalue weighted by molar-refractivity contribution is 9.10. The van der Waals surface area contributed by atoms with Crippen molar-refractivity contribution in [2.24, 2.45) is 5.73 Å². The van der Waals surface area contributed by atoms with E-state index in [0.29, 0.717) is 0 Å². The third-order valence-corrected chi connectivity index (χ3v) is 3.39. The van der Waals surface area contributed by atoms with Crippen LogP contribution in [-0.4, -0.2) is 42.2 Å². The normalized spacial score (nSPS) is 14.9. The van der Waals surface area contributed by atoms with Crippen LogP contribution in [0.5, 0.6) is 0 Å². The molecule has 0 amide bonds. The maximum Gasteiger partial charge on any atom is 0.251 e. The number of hydrogen-bond donors (Lipinski definition) is 2. The molecular weight excluding hydrogens is 318 g/mol. The maximum absolute atomic E-state index is 12.6. The van der Waals surface area contributed by atoms with Gasteiger partial charge in [0.25, 0.3) is 6.43 Å². The van der Waals surface area contributed by atoms with Crippen LogP contribution < -0.4 is 5.73 Å². The van der Waals surface area contributed by atoms with Gasteiger partial charge in [-0.3, -0.25) is 4.90 Å². The summed E-state index contributed by atoms with van der Waals surface area (Å²) in [4.78, 5) is 1.53. The van der Waals surface area contributed by atoms with Crippen molar-refractivity contribution in [3.05, 3.63) is 34.3 Å². The highest BCUT2D eigenvalue weighted by atomic mass is 79.9. The van der Waals surface area contributed by atoms with Crippen LogP contribution in [0.25, 0.3) is 0 Å². The molecule has 0 saturated heterocycles. The van der Waals surface area contributed by atoms with Gasteiger partial charge in [0.15, 0.2) is 0 Å². The Kier molecular flexibility index (Phi) is 6.85. The zero-order valence-corrected chi connectivity index (χ0v) is 12.4. The minimum absolute atomic E-state index is 0.173. The van der Waals surface area contributed by atoms with E-state index in [-0.39, 0.29) is 25.2 Å². The zero-order chi connectivity index (χ0) is 14.4. The number of aliphatic hydroxyl groups excluding tert-OH is 1. The smallest absolute Gasteiger partial charge is 0.251 e. The van der Waals surface area contributed by atoms with Crippen LogP contribution in [-0.2, 0) is 0 Å². The molecule has 3 N–H and O–H groups in total. The van der Waals surface area contributed by atoms with Gasteiger partial charge in [0.05, 0.1) is 13.2 Å². The van der Waals surface area contributed by atoms with Gasteiger partial charge < -0.3 is 10.8 Å². The summed E-state index contributed by atoms with van der Waals surface area (Å²) < 4.78 is 26.2. The zero-order valence-electron chi connectivity index (χ0n) is 10.8. The first-order chi connectivity index (χ1) is 8.95. The monoisotopic (exact) mass is 336 g/mol. The Morgan fingerprint density at radius 1 is 1.32 bits per heavy atom. The molecule has 19 heavy (non-hydrogen) atoms. The Balaban J connectivity index is 2.98. The molecule has 0 aliphatic carbocycles. The van der Waals surface area contributed by atoms with Crippen LogP contribution in [0.2, 0.25) is 0 Å². The quantitative estimate of drug-likeness (QED) is 0.803. The third-order valence-electron chi connectivity index (χ3n) is 2.86. The van der Waals surface area contributed by atoms with Crippen LogP contribution in [0.1, 0.15) is 18.5 Å². The highest BCUT2D eigenvalue weighted by Crippen LogP contribution is 2.25. The van der Waals surface area contributed by atoms with Crippen molar-refractivity contribution >= 4 is 15.9 Å². The van der Waals surface area contributed by atoms with Crippen LogP contribution in [0.3, 0.4) is 0 Å². The lowest BCUT2D eigenvalue weighted by molar-refractivity contribution is 0.0487. The SMILES string of the molecule is CC(N)C(c1ccc(Br)cc1)N(CCO)CC(F)F. The molecule has 0 saturated carbocycles. The van der Waals surface area contributed by atoms with E-state index in [1.54, 1.807) is 6.92 Å². The first-order valence-corrected chi connectivity index (χ1v) is 6.89. The van der Waals surface area contributed by atoms with Crippen LogP contribution in [0, 0.1) is 0 Å². The summed E-state index contributed by atoms with van der Waals surface area (Å²) in [5.74, 6) is 0.